The Morgan fingerprint density at radius 3 is 1.66 bits per heavy atom. The molecule has 0 radical (unpaired) electrons. The van der Waals surface area contributed by atoms with Gasteiger partial charge in [-0.25, -0.2) is 4.79 Å². The van der Waals surface area contributed by atoms with Crippen molar-refractivity contribution in [1.29, 1.82) is 0 Å². The second-order valence-corrected chi connectivity index (χ2v) is 13.7. The van der Waals surface area contributed by atoms with Gasteiger partial charge in [-0.2, -0.15) is 0 Å². The van der Waals surface area contributed by atoms with E-state index in [1.54, 1.807) is 28.1 Å². The molecule has 274 valence electrons. The Morgan fingerprint density at radius 1 is 0.660 bits per heavy atom. The van der Waals surface area contributed by atoms with Gasteiger partial charge in [-0.15, -0.1) is 0 Å². The van der Waals surface area contributed by atoms with Crippen LogP contribution in [0.3, 0.4) is 0 Å². The zero-order valence-corrected chi connectivity index (χ0v) is 30.5. The summed E-state index contributed by atoms with van der Waals surface area (Å²) in [5.74, 6) is 0.770. The van der Waals surface area contributed by atoms with Gasteiger partial charge in [-0.1, -0.05) is 117 Å². The summed E-state index contributed by atoms with van der Waals surface area (Å²) in [6.45, 7) is 3.98. The number of aliphatic hydroxyl groups is 1. The lowest BCUT2D eigenvalue weighted by atomic mass is 9.79. The van der Waals surface area contributed by atoms with Gasteiger partial charge >= 0.3 is 6.09 Å². The van der Waals surface area contributed by atoms with Gasteiger partial charge in [0.25, 0.3) is 0 Å². The van der Waals surface area contributed by atoms with E-state index in [0.717, 1.165) is 38.9 Å². The minimum Gasteiger partial charge on any atom is -0.497 e. The minimum atomic E-state index is -1.42. The summed E-state index contributed by atoms with van der Waals surface area (Å²) in [4.78, 5) is 25.9. The van der Waals surface area contributed by atoms with Crippen LogP contribution in [0.15, 0.2) is 127 Å². The Hall–Kier alpha value is -5.64. The molecule has 5 aromatic carbocycles. The fourth-order valence-corrected chi connectivity index (χ4v) is 6.90. The number of hydrogen-bond acceptors (Lipinski definition) is 7. The highest BCUT2D eigenvalue weighted by Gasteiger charge is 2.42. The molecule has 53 heavy (non-hydrogen) atoms. The first-order valence-electron chi connectivity index (χ1n) is 17.7. The maximum absolute atomic E-state index is 13.3. The first-order chi connectivity index (χ1) is 25.7. The van der Waals surface area contributed by atoms with Gasteiger partial charge in [0.05, 0.1) is 20.8 Å². The normalized spacial score (nSPS) is 13.0. The van der Waals surface area contributed by atoms with Gasteiger partial charge in [0, 0.05) is 24.4 Å². The van der Waals surface area contributed by atoms with Crippen molar-refractivity contribution in [1.82, 2.24) is 10.6 Å². The number of hydrogen-bond donors (Lipinski definition) is 3. The van der Waals surface area contributed by atoms with Gasteiger partial charge in [-0.05, 0) is 63.2 Å². The van der Waals surface area contributed by atoms with Crippen molar-refractivity contribution in [2.45, 2.75) is 31.5 Å². The molecule has 0 aromatic heterocycles. The molecule has 0 unspecified atom stereocenters. The number of aliphatic hydroxyl groups excluding tert-OH is 1. The molecule has 0 spiro atoms. The van der Waals surface area contributed by atoms with Gasteiger partial charge in [0.1, 0.15) is 29.8 Å². The number of carbonyl (C=O) groups excluding carboxylic acids is 2. The number of fused-ring (bicyclic) bond motifs is 3. The fraction of sp³-hybridized carbons (Fsp3) is 0.273. The molecule has 0 saturated carbocycles. The Labute approximate surface area is 310 Å². The van der Waals surface area contributed by atoms with Crippen molar-refractivity contribution in [2.24, 2.45) is 5.41 Å². The van der Waals surface area contributed by atoms with Gasteiger partial charge < -0.3 is 34.7 Å². The maximum Gasteiger partial charge on any atom is 0.407 e. The number of methoxy groups -OCH3 is 2. The average Bonchev–Trinajstić information content (AvgIpc) is 3.52. The third-order valence-corrected chi connectivity index (χ3v) is 9.86. The van der Waals surface area contributed by atoms with E-state index in [2.05, 4.69) is 34.9 Å². The number of benzene rings is 5. The van der Waals surface area contributed by atoms with E-state index >= 15 is 0 Å². The second kappa shape index (κ2) is 16.4. The SMILES string of the molecule is COc1ccc(C(OCC(C)(C)[C@@H](O)C(=O)NCCNC(=O)OCC2c3ccccc3-c3ccccc32)(c2ccccc2)c2ccc(OC)cc2)cc1. The monoisotopic (exact) mass is 714 g/mol. The van der Waals surface area contributed by atoms with Crippen LogP contribution in [-0.4, -0.2) is 63.7 Å². The molecule has 9 heteroatoms. The van der Waals surface area contributed by atoms with Crippen molar-refractivity contribution in [3.8, 4) is 22.6 Å². The Bertz CT molecular complexity index is 1900. The zero-order valence-electron chi connectivity index (χ0n) is 30.5. The average molecular weight is 715 g/mol. The Kier molecular flexibility index (Phi) is 11.5. The van der Waals surface area contributed by atoms with E-state index < -0.39 is 29.1 Å². The number of nitrogens with one attached hydrogen (secondary N) is 2. The number of rotatable bonds is 15. The van der Waals surface area contributed by atoms with Crippen molar-refractivity contribution >= 4 is 12.0 Å². The van der Waals surface area contributed by atoms with Crippen LogP contribution in [0.1, 0.15) is 47.6 Å². The highest BCUT2D eigenvalue weighted by atomic mass is 16.5. The summed E-state index contributed by atoms with van der Waals surface area (Å²) in [6.07, 6.45) is -2.00. The second-order valence-electron chi connectivity index (χ2n) is 13.7. The van der Waals surface area contributed by atoms with Crippen LogP contribution in [0.4, 0.5) is 4.79 Å². The van der Waals surface area contributed by atoms with Gasteiger partial charge in [0.2, 0.25) is 5.91 Å². The first-order valence-corrected chi connectivity index (χ1v) is 17.7. The largest absolute Gasteiger partial charge is 0.497 e. The van der Waals surface area contributed by atoms with E-state index in [1.165, 1.54) is 0 Å². The number of amides is 2. The molecular weight excluding hydrogens is 668 g/mol. The predicted molar refractivity (Wildman–Crippen MR) is 204 cm³/mol. The topological polar surface area (TPSA) is 115 Å². The van der Waals surface area contributed by atoms with Crippen molar-refractivity contribution in [2.75, 3.05) is 40.5 Å². The number of carbonyl (C=O) groups is 2. The lowest BCUT2D eigenvalue weighted by Gasteiger charge is -2.40. The quantitative estimate of drug-likeness (QED) is 0.0787. The minimum absolute atomic E-state index is 0.00649. The van der Waals surface area contributed by atoms with E-state index in [1.807, 2.05) is 103 Å². The fourth-order valence-electron chi connectivity index (χ4n) is 6.90. The molecule has 1 atom stereocenters. The molecule has 5 aromatic rings. The molecule has 0 fully saturated rings. The van der Waals surface area contributed by atoms with E-state index in [4.69, 9.17) is 18.9 Å². The highest BCUT2D eigenvalue weighted by molar-refractivity contribution is 5.81. The Morgan fingerprint density at radius 2 is 1.13 bits per heavy atom. The summed E-state index contributed by atoms with van der Waals surface area (Å²) in [6, 6.07) is 41.5. The summed E-state index contributed by atoms with van der Waals surface area (Å²) in [5.41, 5.74) is 4.96. The zero-order chi connectivity index (χ0) is 37.4. The van der Waals surface area contributed by atoms with Crippen LogP contribution in [0.25, 0.3) is 11.1 Å². The van der Waals surface area contributed by atoms with Gasteiger partial charge in [0.15, 0.2) is 0 Å². The summed E-state index contributed by atoms with van der Waals surface area (Å²) >= 11 is 0. The van der Waals surface area contributed by atoms with Crippen LogP contribution in [0.2, 0.25) is 0 Å². The molecule has 0 heterocycles. The molecule has 1 aliphatic carbocycles. The first kappa shape index (κ1) is 37.1. The highest BCUT2D eigenvalue weighted by Crippen LogP contribution is 2.45. The standard InChI is InChI=1S/C44H46N2O7/c1-43(2,29-53-44(30-12-6-5-7-13-30,31-18-22-33(50-3)23-19-31)32-20-24-34(51-4)25-21-32)40(47)41(48)45-26-27-46-42(49)52-28-39-37-16-10-8-14-35(37)36-15-9-11-17-38(36)39/h5-25,39-40,47H,26-29H2,1-4H3,(H,45,48)(H,46,49)/t40-/m0/s1. The predicted octanol–water partition coefficient (Wildman–Crippen LogP) is 7.05. The van der Waals surface area contributed by atoms with Crippen LogP contribution >= 0.6 is 0 Å². The van der Waals surface area contributed by atoms with Crippen molar-refractivity contribution in [3.63, 3.8) is 0 Å². The number of ether oxygens (including phenoxy) is 4. The molecule has 2 amide bonds. The van der Waals surface area contributed by atoms with Crippen LogP contribution in [-0.2, 0) is 19.9 Å². The van der Waals surface area contributed by atoms with Crippen molar-refractivity contribution < 1.29 is 33.6 Å². The van der Waals surface area contributed by atoms with E-state index in [-0.39, 0.29) is 32.2 Å². The maximum atomic E-state index is 13.3. The van der Waals surface area contributed by atoms with Crippen LogP contribution in [0.5, 0.6) is 11.5 Å². The van der Waals surface area contributed by atoms with Crippen molar-refractivity contribution in [3.05, 3.63) is 155 Å². The van der Waals surface area contributed by atoms with Crippen LogP contribution < -0.4 is 20.1 Å². The van der Waals surface area contributed by atoms with E-state index in [9.17, 15) is 14.7 Å². The molecule has 6 rings (SSSR count). The number of alkyl carbamates (subject to hydrolysis) is 1. The lowest BCUT2D eigenvalue weighted by molar-refractivity contribution is -0.141. The third kappa shape index (κ3) is 7.91. The smallest absolute Gasteiger partial charge is 0.407 e. The molecule has 0 aliphatic heterocycles. The molecule has 3 N–H and O–H groups in total. The van der Waals surface area contributed by atoms with Crippen LogP contribution in [0, 0.1) is 5.41 Å². The summed E-state index contributed by atoms with van der Waals surface area (Å²) in [7, 11) is 3.23. The summed E-state index contributed by atoms with van der Waals surface area (Å²) in [5, 5.41) is 16.8. The van der Waals surface area contributed by atoms with Gasteiger partial charge in [-0.3, -0.25) is 4.79 Å². The third-order valence-electron chi connectivity index (χ3n) is 9.86. The molecular formula is C44H46N2O7. The molecule has 1 aliphatic rings. The molecule has 0 bridgehead atoms. The Balaban J connectivity index is 1.08. The van der Waals surface area contributed by atoms with E-state index in [0.29, 0.717) is 11.5 Å². The molecule has 9 nitrogen and oxygen atoms in total. The lowest BCUT2D eigenvalue weighted by Crippen LogP contribution is -2.49. The summed E-state index contributed by atoms with van der Waals surface area (Å²) < 4.78 is 23.4. The molecule has 0 saturated heterocycles.